The number of primary amides is 1. The van der Waals surface area contributed by atoms with E-state index in [1.165, 1.54) is 13.3 Å². The molecule has 3 rings (SSSR count). The highest BCUT2D eigenvalue weighted by Gasteiger charge is 2.38. The topological polar surface area (TPSA) is 85.7 Å². The fourth-order valence-electron chi connectivity index (χ4n) is 3.41. The number of aryl methyl sites for hydroxylation is 1. The van der Waals surface area contributed by atoms with E-state index in [4.69, 9.17) is 10.5 Å². The van der Waals surface area contributed by atoms with E-state index >= 15 is 0 Å². The monoisotopic (exact) mass is 371 g/mol. The third-order valence-corrected chi connectivity index (χ3v) is 4.68. The van der Waals surface area contributed by atoms with Crippen LogP contribution in [0.2, 0.25) is 0 Å². The molecule has 3 unspecified atom stereocenters. The molecule has 0 saturated heterocycles. The highest BCUT2D eigenvalue weighted by Crippen LogP contribution is 2.33. The number of amides is 1. The van der Waals surface area contributed by atoms with Crippen LogP contribution in [-0.2, 0) is 18.0 Å². The first-order chi connectivity index (χ1) is 12.3. The zero-order chi connectivity index (χ0) is 18.9. The molecule has 1 amide bonds. The normalized spacial score (nSPS) is 26.2. The molecule has 1 aromatic rings. The van der Waals surface area contributed by atoms with E-state index < -0.39 is 18.1 Å². The number of hydrogen-bond acceptors (Lipinski definition) is 5. The van der Waals surface area contributed by atoms with Crippen molar-refractivity contribution in [2.75, 3.05) is 0 Å². The van der Waals surface area contributed by atoms with E-state index in [9.17, 15) is 18.0 Å². The van der Waals surface area contributed by atoms with E-state index in [1.54, 1.807) is 17.3 Å². The third kappa shape index (κ3) is 3.68. The van der Waals surface area contributed by atoms with Gasteiger partial charge in [0.25, 0.3) is 0 Å². The maximum atomic E-state index is 12.8. The van der Waals surface area contributed by atoms with Crippen molar-refractivity contribution >= 4 is 12.1 Å². The van der Waals surface area contributed by atoms with Gasteiger partial charge in [0.1, 0.15) is 0 Å². The lowest BCUT2D eigenvalue weighted by Gasteiger charge is -2.41. The second kappa shape index (κ2) is 7.00. The minimum absolute atomic E-state index is 0.0412. The average molecular weight is 371 g/mol. The predicted octanol–water partition coefficient (Wildman–Crippen LogP) is 2.05. The summed E-state index contributed by atoms with van der Waals surface area (Å²) in [5.74, 6) is -0.770. The van der Waals surface area contributed by atoms with Gasteiger partial charge >= 0.3 is 6.18 Å². The van der Waals surface area contributed by atoms with Crippen molar-refractivity contribution in [2.45, 2.75) is 44.1 Å². The second-order valence-corrected chi connectivity index (χ2v) is 6.40. The van der Waals surface area contributed by atoms with Crippen LogP contribution in [-0.4, -0.2) is 39.1 Å². The first-order valence-corrected chi connectivity index (χ1v) is 8.32. The molecule has 1 fully saturated rings. The lowest BCUT2D eigenvalue weighted by molar-refractivity contribution is -0.141. The number of aliphatic imine (C=N–C) groups is 1. The molecule has 26 heavy (non-hydrogen) atoms. The number of halogens is 3. The number of carbonyl (C=O) groups is 1. The van der Waals surface area contributed by atoms with Crippen LogP contribution in [0.3, 0.4) is 0 Å². The Labute approximate surface area is 148 Å². The summed E-state index contributed by atoms with van der Waals surface area (Å²) in [4.78, 5) is 17.6. The standard InChI is InChI=1S/C16H20F3N5O2/c1-23-13(8-12(22-23)16(17,18)19)26-14-9-21-6-7-24(14)11-5-3-2-4-10(11)15(20)25/h6-11,14H,2-5H2,1H3,(H2,20,25). The van der Waals surface area contributed by atoms with Crippen LogP contribution >= 0.6 is 0 Å². The molecule has 1 aromatic heterocycles. The number of ether oxygens (including phenoxy) is 1. The number of aromatic nitrogens is 2. The van der Waals surface area contributed by atoms with Crippen molar-refractivity contribution in [3.8, 4) is 5.88 Å². The first kappa shape index (κ1) is 18.3. The van der Waals surface area contributed by atoms with Crippen LogP contribution in [0.5, 0.6) is 5.88 Å². The number of hydrogen-bond donors (Lipinski definition) is 1. The van der Waals surface area contributed by atoms with Gasteiger partial charge in [-0.05, 0) is 12.8 Å². The molecule has 0 aromatic carbocycles. The largest absolute Gasteiger partial charge is 0.448 e. The predicted molar refractivity (Wildman–Crippen MR) is 87.0 cm³/mol. The fourth-order valence-corrected chi connectivity index (χ4v) is 3.41. The van der Waals surface area contributed by atoms with Crippen molar-refractivity contribution < 1.29 is 22.7 Å². The van der Waals surface area contributed by atoms with Gasteiger partial charge in [0, 0.05) is 31.6 Å². The molecule has 3 atom stereocenters. The number of carbonyl (C=O) groups excluding carboxylic acids is 1. The molecule has 2 heterocycles. The summed E-state index contributed by atoms with van der Waals surface area (Å²) in [7, 11) is 1.37. The van der Waals surface area contributed by atoms with Crippen LogP contribution < -0.4 is 10.5 Å². The van der Waals surface area contributed by atoms with Crippen LogP contribution in [0, 0.1) is 5.92 Å². The zero-order valence-electron chi connectivity index (χ0n) is 14.2. The van der Waals surface area contributed by atoms with Gasteiger partial charge in [-0.3, -0.25) is 9.79 Å². The van der Waals surface area contributed by atoms with Crippen molar-refractivity contribution in [1.82, 2.24) is 14.7 Å². The minimum Gasteiger partial charge on any atom is -0.448 e. The Morgan fingerprint density at radius 2 is 2.08 bits per heavy atom. The van der Waals surface area contributed by atoms with E-state index in [0.717, 1.165) is 30.0 Å². The molecule has 1 aliphatic carbocycles. The molecule has 1 saturated carbocycles. The molecule has 0 spiro atoms. The highest BCUT2D eigenvalue weighted by atomic mass is 19.4. The van der Waals surface area contributed by atoms with Crippen molar-refractivity contribution in [3.05, 3.63) is 24.2 Å². The Balaban J connectivity index is 1.82. The molecular weight excluding hydrogens is 351 g/mol. The Morgan fingerprint density at radius 3 is 2.73 bits per heavy atom. The van der Waals surface area contributed by atoms with Crippen LogP contribution in [0.4, 0.5) is 13.2 Å². The maximum absolute atomic E-state index is 12.8. The number of nitrogens with two attached hydrogens (primary N) is 1. The molecule has 10 heteroatoms. The van der Waals surface area contributed by atoms with Gasteiger partial charge in [0.2, 0.25) is 18.0 Å². The van der Waals surface area contributed by atoms with Gasteiger partial charge in [-0.1, -0.05) is 12.8 Å². The molecule has 7 nitrogen and oxygen atoms in total. The van der Waals surface area contributed by atoms with E-state index in [0.29, 0.717) is 6.42 Å². The van der Waals surface area contributed by atoms with Gasteiger partial charge in [0.05, 0.1) is 12.1 Å². The number of rotatable bonds is 4. The summed E-state index contributed by atoms with van der Waals surface area (Å²) in [5, 5.41) is 3.44. The Bertz CT molecular complexity index is 728. The smallest absolute Gasteiger partial charge is 0.435 e. The summed E-state index contributed by atoms with van der Waals surface area (Å²) in [6.07, 6.45) is 2.68. The third-order valence-electron chi connectivity index (χ3n) is 4.68. The minimum atomic E-state index is -4.56. The SMILES string of the molecule is Cn1nc(C(F)(F)F)cc1OC1C=NC=CN1C1CCCCC1C(N)=O. The van der Waals surface area contributed by atoms with Gasteiger partial charge in [0.15, 0.2) is 5.69 Å². The Hall–Kier alpha value is -2.52. The molecule has 0 radical (unpaired) electrons. The van der Waals surface area contributed by atoms with E-state index in [-0.39, 0.29) is 23.7 Å². The summed E-state index contributed by atoms with van der Waals surface area (Å²) >= 11 is 0. The molecule has 142 valence electrons. The Kier molecular flexibility index (Phi) is 4.92. The van der Waals surface area contributed by atoms with Crippen molar-refractivity contribution in [3.63, 3.8) is 0 Å². The van der Waals surface area contributed by atoms with Crippen molar-refractivity contribution in [2.24, 2.45) is 23.7 Å². The van der Waals surface area contributed by atoms with Gasteiger partial charge in [-0.2, -0.15) is 18.3 Å². The van der Waals surface area contributed by atoms with Crippen LogP contribution in [0.15, 0.2) is 23.5 Å². The maximum Gasteiger partial charge on any atom is 0.435 e. The quantitative estimate of drug-likeness (QED) is 0.878. The molecule has 0 bridgehead atoms. The molecule has 1 aliphatic heterocycles. The second-order valence-electron chi connectivity index (χ2n) is 6.40. The van der Waals surface area contributed by atoms with Gasteiger partial charge in [-0.25, -0.2) is 4.68 Å². The van der Waals surface area contributed by atoms with E-state index in [2.05, 4.69) is 10.1 Å². The summed E-state index contributed by atoms with van der Waals surface area (Å²) < 4.78 is 45.3. The summed E-state index contributed by atoms with van der Waals surface area (Å²) in [6, 6.07) is 0.654. The Morgan fingerprint density at radius 1 is 1.35 bits per heavy atom. The lowest BCUT2D eigenvalue weighted by Crippen LogP contribution is -2.52. The highest BCUT2D eigenvalue weighted by molar-refractivity contribution is 5.77. The summed E-state index contributed by atoms with van der Waals surface area (Å²) in [6.45, 7) is 0. The van der Waals surface area contributed by atoms with E-state index in [1.807, 2.05) is 0 Å². The summed E-state index contributed by atoms with van der Waals surface area (Å²) in [5.41, 5.74) is 4.50. The molecular formula is C16H20F3N5O2. The van der Waals surface area contributed by atoms with Crippen LogP contribution in [0.1, 0.15) is 31.4 Å². The molecule has 2 aliphatic rings. The van der Waals surface area contributed by atoms with Gasteiger partial charge in [-0.15, -0.1) is 0 Å². The average Bonchev–Trinajstić information content (AvgIpc) is 2.96. The number of nitrogens with zero attached hydrogens (tertiary/aromatic N) is 4. The van der Waals surface area contributed by atoms with Crippen molar-refractivity contribution in [1.29, 1.82) is 0 Å². The van der Waals surface area contributed by atoms with Crippen LogP contribution in [0.25, 0.3) is 0 Å². The molecule has 2 N–H and O–H groups in total. The fraction of sp³-hybridized carbons (Fsp3) is 0.562. The first-order valence-electron chi connectivity index (χ1n) is 8.32. The lowest BCUT2D eigenvalue weighted by atomic mass is 9.83. The zero-order valence-corrected chi connectivity index (χ0v) is 14.2. The van der Waals surface area contributed by atoms with Gasteiger partial charge < -0.3 is 15.4 Å². The number of alkyl halides is 3.